The van der Waals surface area contributed by atoms with Gasteiger partial charge < -0.3 is 10.6 Å². The minimum absolute atomic E-state index is 0. The molecule has 0 radical (unpaired) electrons. The lowest BCUT2D eigenvalue weighted by molar-refractivity contribution is 0.0691. The van der Waals surface area contributed by atoms with Gasteiger partial charge in [0.25, 0.3) is 0 Å². The Kier molecular flexibility index (Phi) is 8.40. The molecule has 1 fully saturated rings. The summed E-state index contributed by atoms with van der Waals surface area (Å²) in [5, 5.41) is 21.6. The molecule has 206 valence electrons. The van der Waals surface area contributed by atoms with Crippen molar-refractivity contribution in [1.29, 1.82) is 0 Å². The predicted molar refractivity (Wildman–Crippen MR) is 145 cm³/mol. The number of carboxylic acids is 1. The van der Waals surface area contributed by atoms with Gasteiger partial charge in [-0.3, -0.25) is 0 Å². The number of thiazole rings is 1. The van der Waals surface area contributed by atoms with E-state index in [1.54, 1.807) is 22.9 Å². The zero-order valence-corrected chi connectivity index (χ0v) is 23.0. The van der Waals surface area contributed by atoms with E-state index in [-0.39, 0.29) is 27.8 Å². The fourth-order valence-electron chi connectivity index (χ4n) is 4.50. The minimum atomic E-state index is -2.31. The number of rotatable bonds is 9. The van der Waals surface area contributed by atoms with Crippen molar-refractivity contribution < 1.29 is 28.4 Å². The standard InChI is InChI=1S/C27H26F2N4O3S2.H2O/c1-14(2)18-12-17(6-7-20(18)28)25-19(9-16-5-8-24(38(30)36)21(29)10-16)23(11-15-3-4-15)33(32-25)27-31-22(13-37-27)26(34)35;/h5-8,10,12-15H,3-4,9,11H2,1-2H3,(H2,30,36)(H,34,35);1H2. The summed E-state index contributed by atoms with van der Waals surface area (Å²) in [6.45, 7) is 3.83. The van der Waals surface area contributed by atoms with Crippen LogP contribution in [0.2, 0.25) is 0 Å². The molecule has 1 atom stereocenters. The Morgan fingerprint density at radius 2 is 1.95 bits per heavy atom. The van der Waals surface area contributed by atoms with E-state index in [0.717, 1.165) is 24.1 Å². The third kappa shape index (κ3) is 5.98. The van der Waals surface area contributed by atoms with Gasteiger partial charge in [-0.15, -0.1) is 16.5 Å². The molecule has 2 aromatic carbocycles. The number of thiol groups is 1. The summed E-state index contributed by atoms with van der Waals surface area (Å²) in [5.74, 6) is -1.67. The van der Waals surface area contributed by atoms with E-state index in [1.165, 1.54) is 34.9 Å². The smallest absolute Gasteiger partial charge is 0.355 e. The van der Waals surface area contributed by atoms with Crippen LogP contribution in [0.1, 0.15) is 65.5 Å². The molecular formula is C27H28F2N4O4S2. The largest absolute Gasteiger partial charge is 0.870 e. The molecule has 12 heteroatoms. The summed E-state index contributed by atoms with van der Waals surface area (Å²) in [5.41, 5.74) is 4.11. The first-order valence-corrected chi connectivity index (χ1v) is 14.4. The Bertz CT molecular complexity index is 1560. The van der Waals surface area contributed by atoms with Gasteiger partial charge in [0.2, 0.25) is 10.0 Å². The van der Waals surface area contributed by atoms with Crippen molar-refractivity contribution in [2.75, 3.05) is 0 Å². The molecule has 0 saturated heterocycles. The lowest BCUT2D eigenvalue weighted by Gasteiger charge is -2.11. The summed E-state index contributed by atoms with van der Waals surface area (Å²) in [6.07, 6.45) is 3.14. The van der Waals surface area contributed by atoms with Crippen LogP contribution in [0.15, 0.2) is 46.7 Å². The third-order valence-corrected chi connectivity index (χ3v) is 8.34. The Labute approximate surface area is 230 Å². The lowest BCUT2D eigenvalue weighted by atomic mass is 9.94. The molecule has 0 bridgehead atoms. The van der Waals surface area contributed by atoms with Crippen molar-refractivity contribution in [2.24, 2.45) is 11.1 Å². The average molecular weight is 575 g/mol. The zero-order valence-electron chi connectivity index (χ0n) is 21.3. The van der Waals surface area contributed by atoms with Gasteiger partial charge in [-0.25, -0.2) is 23.2 Å². The fraction of sp³-hybridized carbons (Fsp3) is 0.296. The quantitative estimate of drug-likeness (QED) is 0.203. The fourth-order valence-corrected chi connectivity index (χ4v) is 5.77. The summed E-state index contributed by atoms with van der Waals surface area (Å²) < 4.78 is 42.6. The van der Waals surface area contributed by atoms with Crippen LogP contribution in [-0.4, -0.2) is 31.3 Å². The van der Waals surface area contributed by atoms with Crippen molar-refractivity contribution in [2.45, 2.75) is 50.3 Å². The monoisotopic (exact) mass is 574 g/mol. The maximum Gasteiger partial charge on any atom is 0.355 e. The predicted octanol–water partition coefficient (Wildman–Crippen LogP) is 5.39. The summed E-state index contributed by atoms with van der Waals surface area (Å²) in [7, 11) is -2.31. The molecule has 0 aliphatic heterocycles. The summed E-state index contributed by atoms with van der Waals surface area (Å²) in [4.78, 5) is 15.7. The molecule has 2 aromatic heterocycles. The molecule has 0 amide bonds. The third-order valence-electron chi connectivity index (χ3n) is 6.68. The van der Waals surface area contributed by atoms with Gasteiger partial charge in [0.1, 0.15) is 5.82 Å². The van der Waals surface area contributed by atoms with E-state index in [1.807, 2.05) is 13.8 Å². The van der Waals surface area contributed by atoms with Gasteiger partial charge in [0.05, 0.1) is 11.4 Å². The van der Waals surface area contributed by atoms with Crippen LogP contribution < -0.4 is 5.14 Å². The number of nitrogens with zero attached hydrogens (tertiary/aromatic N) is 3. The van der Waals surface area contributed by atoms with E-state index in [9.17, 15) is 22.9 Å². The maximum absolute atomic E-state index is 14.7. The molecule has 4 N–H and O–H groups in total. The number of aromatic nitrogens is 3. The van der Waals surface area contributed by atoms with Gasteiger partial charge in [-0.2, -0.15) is 5.10 Å². The lowest BCUT2D eigenvalue weighted by Crippen LogP contribution is -2.07. The highest BCUT2D eigenvalue weighted by Gasteiger charge is 2.30. The van der Waals surface area contributed by atoms with Gasteiger partial charge >= 0.3 is 5.97 Å². The number of benzene rings is 2. The van der Waals surface area contributed by atoms with Crippen LogP contribution in [0.5, 0.6) is 0 Å². The Hall–Kier alpha value is -3.32. The Morgan fingerprint density at radius 3 is 2.54 bits per heavy atom. The molecule has 39 heavy (non-hydrogen) atoms. The minimum Gasteiger partial charge on any atom is -0.870 e. The highest BCUT2D eigenvalue weighted by molar-refractivity contribution is 7.82. The van der Waals surface area contributed by atoms with E-state index in [0.29, 0.717) is 46.3 Å². The van der Waals surface area contributed by atoms with Gasteiger partial charge in [-0.05, 0) is 72.6 Å². The van der Waals surface area contributed by atoms with Gasteiger partial charge in [0, 0.05) is 22.9 Å². The van der Waals surface area contributed by atoms with E-state index in [2.05, 4.69) is 4.98 Å². The number of hydrogen-bond acceptors (Lipinski definition) is 6. The normalized spacial score (nSPS) is 13.9. The average Bonchev–Trinajstić information content (AvgIpc) is 3.42. The number of carboxylic acid groups (broad SMARTS) is 1. The molecule has 1 aliphatic carbocycles. The molecule has 1 unspecified atom stereocenters. The molecule has 0 spiro atoms. The zero-order chi connectivity index (χ0) is 27.1. The van der Waals surface area contributed by atoms with Crippen LogP contribution in [0, 0.1) is 17.6 Å². The molecule has 2 heterocycles. The molecular weight excluding hydrogens is 546 g/mol. The second-order valence-corrected chi connectivity index (χ2v) is 11.8. The van der Waals surface area contributed by atoms with Crippen LogP contribution in [0.3, 0.4) is 0 Å². The molecule has 1 aliphatic rings. The summed E-state index contributed by atoms with van der Waals surface area (Å²) >= 11 is 1.18. The van der Waals surface area contributed by atoms with E-state index >= 15 is 0 Å². The molecule has 1 saturated carbocycles. The maximum atomic E-state index is 14.7. The van der Waals surface area contributed by atoms with E-state index < -0.39 is 22.8 Å². The first kappa shape index (κ1) is 28.7. The van der Waals surface area contributed by atoms with Crippen molar-refractivity contribution >= 4 is 28.3 Å². The molecule has 8 nitrogen and oxygen atoms in total. The SMILES string of the molecule is CC(C)c1cc(-c2nn(-c3nc(C(=O)O)cs3)c(CC3CC3)c2Cc2ccc([SH+](N)=O)c(F)c2)ccc1F.[OH-]. The van der Waals surface area contributed by atoms with Crippen LogP contribution in [0.25, 0.3) is 16.4 Å². The Balaban J connectivity index is 0.00000353. The van der Waals surface area contributed by atoms with Crippen molar-refractivity contribution in [3.8, 4) is 16.4 Å². The topological polar surface area (TPSA) is 141 Å². The molecule has 5 rings (SSSR count). The van der Waals surface area contributed by atoms with Crippen LogP contribution in [-0.2, 0) is 28.0 Å². The number of aromatic carboxylic acids is 1. The highest BCUT2D eigenvalue weighted by atomic mass is 32.2. The first-order chi connectivity index (χ1) is 18.1. The number of halogens is 2. The Morgan fingerprint density at radius 1 is 1.21 bits per heavy atom. The van der Waals surface area contributed by atoms with E-state index in [4.69, 9.17) is 10.2 Å². The highest BCUT2D eigenvalue weighted by Crippen LogP contribution is 2.39. The van der Waals surface area contributed by atoms with Crippen LogP contribution in [0.4, 0.5) is 8.78 Å². The first-order valence-electron chi connectivity index (χ1n) is 12.2. The van der Waals surface area contributed by atoms with Gasteiger partial charge in [-0.1, -0.05) is 24.1 Å². The van der Waals surface area contributed by atoms with Gasteiger partial charge in [0.15, 0.2) is 22.5 Å². The van der Waals surface area contributed by atoms with Crippen molar-refractivity contribution in [3.05, 3.63) is 81.5 Å². The number of nitrogens with two attached hydrogens (primary N) is 1. The second kappa shape index (κ2) is 11.4. The second-order valence-electron chi connectivity index (χ2n) is 9.83. The van der Waals surface area contributed by atoms with Crippen LogP contribution >= 0.6 is 11.3 Å². The van der Waals surface area contributed by atoms with Crippen molar-refractivity contribution in [1.82, 2.24) is 14.8 Å². The summed E-state index contributed by atoms with van der Waals surface area (Å²) in [6, 6.07) is 9.33. The number of carbonyl (C=O) groups is 1. The number of hydrogen-bond donors (Lipinski definition) is 2. The molecule has 4 aromatic rings. The van der Waals surface area contributed by atoms with Crippen molar-refractivity contribution in [3.63, 3.8) is 0 Å².